The lowest BCUT2D eigenvalue weighted by atomic mass is 9.93. The van der Waals surface area contributed by atoms with Crippen LogP contribution in [-0.4, -0.2) is 22.7 Å². The van der Waals surface area contributed by atoms with Crippen molar-refractivity contribution in [1.82, 2.24) is 4.98 Å². The van der Waals surface area contributed by atoms with Gasteiger partial charge in [0.1, 0.15) is 11.4 Å². The van der Waals surface area contributed by atoms with E-state index in [-0.39, 0.29) is 5.69 Å². The largest absolute Gasteiger partial charge is 0.493 e. The molecule has 0 aliphatic heterocycles. The minimum Gasteiger partial charge on any atom is -0.493 e. The van der Waals surface area contributed by atoms with Gasteiger partial charge >= 0.3 is 5.97 Å². The van der Waals surface area contributed by atoms with Gasteiger partial charge in [-0.3, -0.25) is 0 Å². The number of carbonyl (C=O) groups is 1. The standard InChI is InChI=1S/C34H27NO3/c36-34(37)33-30(20-10-22-38-31-21-8-14-24-13-4-5-16-26(24)31)29-19-9-18-28(32(29)35-33)27-17-7-6-15-25(27)23-11-2-1-3-12-23/h1-9,11-19,21,35H,10,20,22H2,(H,36,37). The third-order valence-electron chi connectivity index (χ3n) is 7.04. The van der Waals surface area contributed by atoms with Gasteiger partial charge in [-0.05, 0) is 46.5 Å². The highest BCUT2D eigenvalue weighted by molar-refractivity contribution is 6.04. The summed E-state index contributed by atoms with van der Waals surface area (Å²) in [5.74, 6) is -0.103. The number of carboxylic acid groups (broad SMARTS) is 1. The molecule has 6 aromatic rings. The Bertz CT molecular complexity index is 1750. The number of nitrogens with one attached hydrogen (secondary N) is 1. The Balaban J connectivity index is 1.32. The average molecular weight is 498 g/mol. The first-order valence-electron chi connectivity index (χ1n) is 12.8. The zero-order valence-corrected chi connectivity index (χ0v) is 20.9. The van der Waals surface area contributed by atoms with Crippen molar-refractivity contribution in [2.75, 3.05) is 6.61 Å². The van der Waals surface area contributed by atoms with E-state index in [1.54, 1.807) is 0 Å². The van der Waals surface area contributed by atoms with Crippen molar-refractivity contribution in [3.63, 3.8) is 0 Å². The van der Waals surface area contributed by atoms with Crippen LogP contribution in [0.15, 0.2) is 115 Å². The number of hydrogen-bond donors (Lipinski definition) is 2. The third-order valence-corrected chi connectivity index (χ3v) is 7.04. The quantitative estimate of drug-likeness (QED) is 0.208. The number of aromatic amines is 1. The van der Waals surface area contributed by atoms with Crippen LogP contribution < -0.4 is 4.74 Å². The number of aromatic carboxylic acids is 1. The van der Waals surface area contributed by atoms with E-state index < -0.39 is 5.97 Å². The van der Waals surface area contributed by atoms with Crippen molar-refractivity contribution in [3.8, 4) is 28.0 Å². The molecule has 0 spiro atoms. The molecule has 1 aromatic heterocycles. The topological polar surface area (TPSA) is 62.3 Å². The number of hydrogen-bond acceptors (Lipinski definition) is 2. The monoisotopic (exact) mass is 497 g/mol. The molecule has 4 nitrogen and oxygen atoms in total. The third kappa shape index (κ3) is 4.41. The summed E-state index contributed by atoms with van der Waals surface area (Å²) in [6, 6.07) is 38.8. The Morgan fingerprint density at radius 2 is 1.34 bits per heavy atom. The van der Waals surface area contributed by atoms with Crippen LogP contribution in [0.3, 0.4) is 0 Å². The van der Waals surface area contributed by atoms with E-state index in [0.29, 0.717) is 19.4 Å². The van der Waals surface area contributed by atoms with Crippen LogP contribution in [0.5, 0.6) is 5.75 Å². The smallest absolute Gasteiger partial charge is 0.352 e. The Hall–Kier alpha value is -4.83. The number of carboxylic acids is 1. The highest BCUT2D eigenvalue weighted by atomic mass is 16.5. The first-order chi connectivity index (χ1) is 18.7. The van der Waals surface area contributed by atoms with E-state index in [0.717, 1.165) is 55.2 Å². The minimum absolute atomic E-state index is 0.245. The van der Waals surface area contributed by atoms with E-state index in [1.165, 1.54) is 0 Å². The number of para-hydroxylation sites is 1. The number of aryl methyl sites for hydroxylation is 1. The second kappa shape index (κ2) is 10.3. The normalized spacial score (nSPS) is 11.2. The minimum atomic E-state index is -0.950. The highest BCUT2D eigenvalue weighted by Crippen LogP contribution is 2.37. The van der Waals surface area contributed by atoms with Gasteiger partial charge in [0.15, 0.2) is 0 Å². The maximum atomic E-state index is 12.3. The molecule has 0 unspecified atom stereocenters. The molecular formula is C34H27NO3. The van der Waals surface area contributed by atoms with Crippen LogP contribution in [-0.2, 0) is 6.42 Å². The van der Waals surface area contributed by atoms with Gasteiger partial charge in [-0.2, -0.15) is 0 Å². The molecule has 0 amide bonds. The van der Waals surface area contributed by atoms with Crippen LogP contribution in [0, 0.1) is 0 Å². The summed E-state index contributed by atoms with van der Waals surface area (Å²) in [5, 5.41) is 13.2. The van der Waals surface area contributed by atoms with Crippen LogP contribution in [0.2, 0.25) is 0 Å². The predicted molar refractivity (Wildman–Crippen MR) is 154 cm³/mol. The van der Waals surface area contributed by atoms with Gasteiger partial charge in [-0.15, -0.1) is 0 Å². The lowest BCUT2D eigenvalue weighted by molar-refractivity contribution is 0.0690. The van der Waals surface area contributed by atoms with Crippen LogP contribution in [0.4, 0.5) is 0 Å². The zero-order valence-electron chi connectivity index (χ0n) is 20.9. The van der Waals surface area contributed by atoms with Gasteiger partial charge in [0.2, 0.25) is 0 Å². The lowest BCUT2D eigenvalue weighted by Gasteiger charge is -2.11. The molecule has 6 rings (SSSR count). The molecule has 0 atom stereocenters. The van der Waals surface area contributed by atoms with E-state index in [4.69, 9.17) is 4.74 Å². The molecule has 0 aliphatic rings. The molecule has 0 saturated heterocycles. The first kappa shape index (κ1) is 23.6. The molecule has 186 valence electrons. The Morgan fingerprint density at radius 3 is 2.18 bits per heavy atom. The van der Waals surface area contributed by atoms with Gasteiger partial charge < -0.3 is 14.8 Å². The van der Waals surface area contributed by atoms with Crippen molar-refractivity contribution in [3.05, 3.63) is 127 Å². The fraction of sp³-hybridized carbons (Fsp3) is 0.0882. The molecule has 0 fully saturated rings. The number of ether oxygens (including phenoxy) is 1. The van der Waals surface area contributed by atoms with E-state index >= 15 is 0 Å². The Kier molecular flexibility index (Phi) is 6.37. The van der Waals surface area contributed by atoms with E-state index in [1.807, 2.05) is 66.7 Å². The Labute approximate surface area is 221 Å². The molecular weight excluding hydrogens is 470 g/mol. The number of aromatic nitrogens is 1. The molecule has 38 heavy (non-hydrogen) atoms. The maximum absolute atomic E-state index is 12.3. The van der Waals surface area contributed by atoms with E-state index in [9.17, 15) is 9.90 Å². The van der Waals surface area contributed by atoms with Gasteiger partial charge in [-0.1, -0.05) is 109 Å². The number of fused-ring (bicyclic) bond motifs is 2. The van der Waals surface area contributed by atoms with Crippen molar-refractivity contribution in [2.24, 2.45) is 0 Å². The number of H-pyrrole nitrogens is 1. The molecule has 0 bridgehead atoms. The summed E-state index contributed by atoms with van der Waals surface area (Å²) in [6.45, 7) is 0.496. The van der Waals surface area contributed by atoms with Gasteiger partial charge in [-0.25, -0.2) is 4.79 Å². The van der Waals surface area contributed by atoms with Crippen LogP contribution >= 0.6 is 0 Å². The molecule has 5 aromatic carbocycles. The fourth-order valence-corrected chi connectivity index (χ4v) is 5.28. The molecule has 4 heteroatoms. The summed E-state index contributed by atoms with van der Waals surface area (Å²) >= 11 is 0. The summed E-state index contributed by atoms with van der Waals surface area (Å²) in [7, 11) is 0. The molecule has 0 radical (unpaired) electrons. The molecule has 2 N–H and O–H groups in total. The van der Waals surface area contributed by atoms with Crippen LogP contribution in [0.1, 0.15) is 22.5 Å². The Morgan fingerprint density at radius 1 is 0.684 bits per heavy atom. The highest BCUT2D eigenvalue weighted by Gasteiger charge is 2.20. The summed E-state index contributed by atoms with van der Waals surface area (Å²) < 4.78 is 6.13. The predicted octanol–water partition coefficient (Wildman–Crippen LogP) is 8.36. The van der Waals surface area contributed by atoms with Gasteiger partial charge in [0, 0.05) is 16.3 Å². The van der Waals surface area contributed by atoms with Crippen molar-refractivity contribution < 1.29 is 14.6 Å². The average Bonchev–Trinajstić information content (AvgIpc) is 3.35. The second-order valence-electron chi connectivity index (χ2n) is 9.35. The van der Waals surface area contributed by atoms with Crippen molar-refractivity contribution in [2.45, 2.75) is 12.8 Å². The van der Waals surface area contributed by atoms with E-state index in [2.05, 4.69) is 53.5 Å². The summed E-state index contributed by atoms with van der Waals surface area (Å²) in [5.41, 5.74) is 6.19. The summed E-state index contributed by atoms with van der Waals surface area (Å²) in [4.78, 5) is 15.5. The van der Waals surface area contributed by atoms with Crippen LogP contribution in [0.25, 0.3) is 43.9 Å². The lowest BCUT2D eigenvalue weighted by Crippen LogP contribution is -2.04. The van der Waals surface area contributed by atoms with Crippen molar-refractivity contribution >= 4 is 27.6 Å². The summed E-state index contributed by atoms with van der Waals surface area (Å²) in [6.07, 6.45) is 1.29. The molecule has 0 aliphatic carbocycles. The number of benzene rings is 5. The zero-order chi connectivity index (χ0) is 25.9. The number of rotatable bonds is 8. The second-order valence-corrected chi connectivity index (χ2v) is 9.35. The van der Waals surface area contributed by atoms with Gasteiger partial charge in [0.25, 0.3) is 0 Å². The fourth-order valence-electron chi connectivity index (χ4n) is 5.28. The molecule has 0 saturated carbocycles. The maximum Gasteiger partial charge on any atom is 0.352 e. The SMILES string of the molecule is O=C(O)c1[nH]c2c(-c3ccccc3-c3ccccc3)cccc2c1CCCOc1cccc2ccccc12. The van der Waals surface area contributed by atoms with Crippen molar-refractivity contribution in [1.29, 1.82) is 0 Å². The van der Waals surface area contributed by atoms with Gasteiger partial charge in [0.05, 0.1) is 12.1 Å². The first-order valence-corrected chi connectivity index (χ1v) is 12.8. The molecule has 1 heterocycles.